The Hall–Kier alpha value is -3.47. The predicted molar refractivity (Wildman–Crippen MR) is 119 cm³/mol. The van der Waals surface area contributed by atoms with Crippen LogP contribution in [-0.2, 0) is 14.6 Å². The van der Waals surface area contributed by atoms with Gasteiger partial charge in [0.25, 0.3) is 0 Å². The molecule has 2 N–H and O–H groups in total. The molecule has 0 spiro atoms. The summed E-state index contributed by atoms with van der Waals surface area (Å²) in [4.78, 5) is 25.6. The number of hydrogen-bond acceptors (Lipinski definition) is 9. The van der Waals surface area contributed by atoms with Crippen molar-refractivity contribution in [3.05, 3.63) is 57.0 Å². The second kappa shape index (κ2) is 9.57. The quantitative estimate of drug-likeness (QED) is 0.578. The lowest BCUT2D eigenvalue weighted by Gasteiger charge is -2.23. The minimum absolute atomic E-state index is 0.143. The lowest BCUT2D eigenvalue weighted by molar-refractivity contribution is -0.121. The van der Waals surface area contributed by atoms with Crippen LogP contribution in [0, 0.1) is 6.92 Å². The van der Waals surface area contributed by atoms with Crippen LogP contribution in [0.25, 0.3) is 0 Å². The molecule has 0 saturated carbocycles. The zero-order valence-electron chi connectivity index (χ0n) is 18.6. The van der Waals surface area contributed by atoms with E-state index in [-0.39, 0.29) is 40.7 Å². The van der Waals surface area contributed by atoms with E-state index < -0.39 is 33.3 Å². The molecule has 2 heterocycles. The van der Waals surface area contributed by atoms with Crippen molar-refractivity contribution in [1.82, 2.24) is 5.32 Å². The molecule has 1 amide bonds. The summed E-state index contributed by atoms with van der Waals surface area (Å²) in [6.07, 6.45) is 1.08. The normalized spacial score (nSPS) is 17.4. The van der Waals surface area contributed by atoms with Crippen molar-refractivity contribution in [1.29, 1.82) is 0 Å². The van der Waals surface area contributed by atoms with Gasteiger partial charge in [-0.3, -0.25) is 4.79 Å². The highest BCUT2D eigenvalue weighted by atomic mass is 32.2. The average Bonchev–Trinajstić information content (AvgIpc) is 3.08. The maximum Gasteiger partial charge on any atom is 0.343 e. The molecule has 2 aromatic rings. The molecule has 1 aromatic carbocycles. The van der Waals surface area contributed by atoms with Gasteiger partial charge in [-0.05, 0) is 19.1 Å². The molecule has 0 bridgehead atoms. The first kappa shape index (κ1) is 24.2. The Morgan fingerprint density at radius 1 is 1.21 bits per heavy atom. The maximum absolute atomic E-state index is 12.9. The van der Waals surface area contributed by atoms with Crippen LogP contribution < -0.4 is 25.2 Å². The van der Waals surface area contributed by atoms with Gasteiger partial charge in [-0.2, -0.15) is 0 Å². The molecule has 10 nitrogen and oxygen atoms in total. The molecule has 0 saturated heterocycles. The van der Waals surface area contributed by atoms with Gasteiger partial charge in [-0.1, -0.05) is 6.07 Å². The van der Waals surface area contributed by atoms with Gasteiger partial charge < -0.3 is 29.1 Å². The van der Waals surface area contributed by atoms with Gasteiger partial charge in [0.2, 0.25) is 11.7 Å². The molecule has 33 heavy (non-hydrogen) atoms. The van der Waals surface area contributed by atoms with Crippen LogP contribution in [-0.4, -0.2) is 52.6 Å². The monoisotopic (exact) mass is 479 g/mol. The Bertz CT molecular complexity index is 1250. The van der Waals surface area contributed by atoms with Crippen LogP contribution in [0.5, 0.6) is 23.0 Å². The van der Waals surface area contributed by atoms with Gasteiger partial charge in [0.05, 0.1) is 38.7 Å². The number of nitrogens with one attached hydrogen (secondary N) is 1. The highest BCUT2D eigenvalue weighted by Gasteiger charge is 2.32. The molecule has 1 aliphatic heterocycles. The van der Waals surface area contributed by atoms with Gasteiger partial charge in [-0.15, -0.1) is 0 Å². The largest absolute Gasteiger partial charge is 0.507 e. The predicted octanol–water partition coefficient (Wildman–Crippen LogP) is 1.63. The molecule has 0 aliphatic carbocycles. The number of methoxy groups -OCH3 is 3. The Kier molecular flexibility index (Phi) is 7.01. The third-order valence-electron chi connectivity index (χ3n) is 5.21. The topological polar surface area (TPSA) is 141 Å². The smallest absolute Gasteiger partial charge is 0.343 e. The van der Waals surface area contributed by atoms with Gasteiger partial charge in [0, 0.05) is 29.4 Å². The van der Waals surface area contributed by atoms with E-state index in [1.54, 1.807) is 12.1 Å². The summed E-state index contributed by atoms with van der Waals surface area (Å²) in [6, 6.07) is 3.76. The summed E-state index contributed by atoms with van der Waals surface area (Å²) < 4.78 is 44.7. The minimum atomic E-state index is -3.37. The van der Waals surface area contributed by atoms with Crippen molar-refractivity contribution in [2.75, 3.05) is 27.1 Å². The molecule has 3 rings (SSSR count). The minimum Gasteiger partial charge on any atom is -0.507 e. The molecular weight excluding hydrogens is 454 g/mol. The second-order valence-corrected chi connectivity index (χ2v) is 9.39. The number of ether oxygens (including phenoxy) is 3. The number of benzene rings is 1. The number of rotatable bonds is 8. The average molecular weight is 480 g/mol. The number of carbonyl (C=O) groups excluding carboxylic acids is 1. The van der Waals surface area contributed by atoms with Gasteiger partial charge in [0.15, 0.2) is 21.3 Å². The van der Waals surface area contributed by atoms with Crippen LogP contribution in [0.3, 0.4) is 0 Å². The van der Waals surface area contributed by atoms with Gasteiger partial charge in [0.1, 0.15) is 11.5 Å². The van der Waals surface area contributed by atoms with E-state index in [0.29, 0.717) is 11.3 Å². The molecule has 178 valence electrons. The van der Waals surface area contributed by atoms with E-state index in [2.05, 4.69) is 5.32 Å². The van der Waals surface area contributed by atoms with Crippen molar-refractivity contribution >= 4 is 15.7 Å². The van der Waals surface area contributed by atoms with Crippen LogP contribution >= 0.6 is 0 Å². The summed E-state index contributed by atoms with van der Waals surface area (Å²) in [5.74, 6) is -1.13. The van der Waals surface area contributed by atoms with Crippen LogP contribution in [0.1, 0.15) is 29.2 Å². The van der Waals surface area contributed by atoms with Crippen molar-refractivity contribution in [3.63, 3.8) is 0 Å². The van der Waals surface area contributed by atoms with Crippen molar-refractivity contribution in [3.8, 4) is 23.0 Å². The third kappa shape index (κ3) is 5.14. The second-order valence-electron chi connectivity index (χ2n) is 7.46. The van der Waals surface area contributed by atoms with Crippen molar-refractivity contribution < 1.29 is 36.9 Å². The maximum atomic E-state index is 12.9. The van der Waals surface area contributed by atoms with Crippen LogP contribution in [0.4, 0.5) is 0 Å². The van der Waals surface area contributed by atoms with E-state index in [9.17, 15) is 23.1 Å². The molecule has 1 aliphatic rings. The lowest BCUT2D eigenvalue weighted by Crippen LogP contribution is -2.36. The fourth-order valence-corrected chi connectivity index (χ4v) is 5.04. The lowest BCUT2D eigenvalue weighted by atomic mass is 9.87. The number of aryl methyl sites for hydroxylation is 1. The summed E-state index contributed by atoms with van der Waals surface area (Å²) in [6.45, 7) is 1.51. The van der Waals surface area contributed by atoms with E-state index in [0.717, 1.165) is 5.41 Å². The van der Waals surface area contributed by atoms with Crippen molar-refractivity contribution in [2.45, 2.75) is 25.3 Å². The number of carbonyl (C=O) groups is 1. The third-order valence-corrected chi connectivity index (χ3v) is 6.61. The highest BCUT2D eigenvalue weighted by Crippen LogP contribution is 2.45. The van der Waals surface area contributed by atoms with E-state index in [1.807, 2.05) is 0 Å². The van der Waals surface area contributed by atoms with E-state index >= 15 is 0 Å². The van der Waals surface area contributed by atoms with Crippen molar-refractivity contribution in [2.24, 2.45) is 0 Å². The van der Waals surface area contributed by atoms with E-state index in [1.165, 1.54) is 40.4 Å². The molecule has 11 heteroatoms. The number of aromatic hydroxyl groups is 1. The Labute approximate surface area is 190 Å². The zero-order valence-corrected chi connectivity index (χ0v) is 19.4. The molecule has 2 atom stereocenters. The summed E-state index contributed by atoms with van der Waals surface area (Å²) >= 11 is 0. The summed E-state index contributed by atoms with van der Waals surface area (Å²) in [5.41, 5.74) is -0.590. The Morgan fingerprint density at radius 3 is 2.45 bits per heavy atom. The summed E-state index contributed by atoms with van der Waals surface area (Å²) in [5, 5.41) is 14.3. The first-order chi connectivity index (χ1) is 15.6. The first-order valence-electron chi connectivity index (χ1n) is 9.93. The zero-order chi connectivity index (χ0) is 24.3. The fourth-order valence-electron chi connectivity index (χ4n) is 3.81. The van der Waals surface area contributed by atoms with Gasteiger partial charge in [-0.25, -0.2) is 13.2 Å². The molecule has 2 unspecified atom stereocenters. The van der Waals surface area contributed by atoms with Gasteiger partial charge >= 0.3 is 5.63 Å². The number of sulfone groups is 1. The highest BCUT2D eigenvalue weighted by molar-refractivity contribution is 7.94. The molecular formula is C22H25NO9S. The van der Waals surface area contributed by atoms with Crippen LogP contribution in [0.15, 0.2) is 38.9 Å². The Morgan fingerprint density at radius 2 is 1.91 bits per heavy atom. The van der Waals surface area contributed by atoms with Crippen LogP contribution in [0.2, 0.25) is 0 Å². The number of amides is 1. The van der Waals surface area contributed by atoms with E-state index in [4.69, 9.17) is 18.6 Å². The SMILES string of the molecule is COc1ccc(C(CC(=O)NC2C=CS(=O)(=O)C2)c2c(O)cc(C)oc2=O)c(OC)c1OC. The Balaban J connectivity index is 2.09. The number of hydrogen-bond donors (Lipinski definition) is 2. The first-order valence-corrected chi connectivity index (χ1v) is 11.6. The summed E-state index contributed by atoms with van der Waals surface area (Å²) in [7, 11) is 0.885. The molecule has 0 radical (unpaired) electrons. The fraction of sp³-hybridized carbons (Fsp3) is 0.364. The molecule has 0 fully saturated rings. The standard InChI is InChI=1S/C22H25NO9S/c1-12-9-16(24)19(22(26)32-12)15(10-18(25)23-13-7-8-33(27,28)11-13)14-5-6-17(29-2)21(31-4)20(14)30-3/h5-9,13,15,24H,10-11H2,1-4H3,(H,23,25). The molecule has 1 aromatic heterocycles.